The van der Waals surface area contributed by atoms with Gasteiger partial charge in [-0.3, -0.25) is 4.79 Å². The van der Waals surface area contributed by atoms with E-state index in [1.165, 1.54) is 0 Å². The first-order valence-electron chi connectivity index (χ1n) is 5.98. The van der Waals surface area contributed by atoms with Gasteiger partial charge in [-0.2, -0.15) is 0 Å². The van der Waals surface area contributed by atoms with Crippen LogP contribution in [0.4, 0.5) is 5.69 Å². The van der Waals surface area contributed by atoms with Crippen molar-refractivity contribution in [2.24, 2.45) is 0 Å². The Balaban J connectivity index is 0.00000162. The van der Waals surface area contributed by atoms with Crippen molar-refractivity contribution >= 4 is 35.6 Å². The van der Waals surface area contributed by atoms with Crippen LogP contribution in [0.2, 0.25) is 5.02 Å². The largest absolute Gasteiger partial charge is 0.324 e. The Hall–Kier alpha value is -0.770. The van der Waals surface area contributed by atoms with Crippen LogP contribution in [0.3, 0.4) is 0 Å². The van der Waals surface area contributed by atoms with Gasteiger partial charge in [0.15, 0.2) is 0 Å². The summed E-state index contributed by atoms with van der Waals surface area (Å²) in [6.07, 6.45) is 2.78. The van der Waals surface area contributed by atoms with Crippen molar-refractivity contribution < 1.29 is 4.79 Å². The van der Waals surface area contributed by atoms with Crippen molar-refractivity contribution in [1.82, 2.24) is 5.32 Å². The lowest BCUT2D eigenvalue weighted by molar-refractivity contribution is -0.122. The summed E-state index contributed by atoms with van der Waals surface area (Å²) in [5, 5.41) is 6.93. The van der Waals surface area contributed by atoms with Gasteiger partial charge < -0.3 is 10.6 Å². The Morgan fingerprint density at radius 2 is 2.11 bits per heavy atom. The van der Waals surface area contributed by atoms with Crippen LogP contribution < -0.4 is 10.6 Å². The lowest BCUT2D eigenvalue weighted by Gasteiger charge is -2.26. The van der Waals surface area contributed by atoms with Gasteiger partial charge in [0.05, 0.1) is 5.54 Å². The van der Waals surface area contributed by atoms with Crippen LogP contribution in [0.1, 0.15) is 26.2 Å². The number of carbonyl (C=O) groups excluding carboxylic acids is 1. The summed E-state index contributed by atoms with van der Waals surface area (Å²) in [6, 6.07) is 7.19. The van der Waals surface area contributed by atoms with E-state index in [2.05, 4.69) is 10.6 Å². The van der Waals surface area contributed by atoms with E-state index >= 15 is 0 Å². The molecule has 2 N–H and O–H groups in total. The molecule has 1 aliphatic rings. The van der Waals surface area contributed by atoms with Gasteiger partial charge in [0, 0.05) is 10.7 Å². The monoisotopic (exact) mass is 288 g/mol. The van der Waals surface area contributed by atoms with Crippen LogP contribution in [0.5, 0.6) is 0 Å². The van der Waals surface area contributed by atoms with Crippen LogP contribution in [0.25, 0.3) is 0 Å². The summed E-state index contributed by atoms with van der Waals surface area (Å²) in [7, 11) is 0. The second-order valence-corrected chi connectivity index (χ2v) is 4.86. The van der Waals surface area contributed by atoms with Gasteiger partial charge in [-0.15, -0.1) is 12.4 Å². The number of nitrogens with one attached hydrogen (secondary N) is 2. The molecule has 1 aromatic rings. The highest BCUT2D eigenvalue weighted by Crippen LogP contribution is 2.25. The molecule has 1 saturated heterocycles. The molecular weight excluding hydrogens is 271 g/mol. The van der Waals surface area contributed by atoms with E-state index in [1.807, 2.05) is 19.1 Å². The highest BCUT2D eigenvalue weighted by atomic mass is 35.5. The number of hydrogen-bond acceptors (Lipinski definition) is 2. The zero-order valence-electron chi connectivity index (χ0n) is 10.3. The molecule has 1 aliphatic heterocycles. The molecular formula is C13H18Cl2N2O. The van der Waals surface area contributed by atoms with Crippen molar-refractivity contribution in [3.05, 3.63) is 29.3 Å². The second kappa shape index (κ2) is 6.41. The first-order chi connectivity index (χ1) is 8.16. The molecule has 0 radical (unpaired) electrons. The molecule has 1 atom stereocenters. The van der Waals surface area contributed by atoms with Gasteiger partial charge in [-0.25, -0.2) is 0 Å². The summed E-state index contributed by atoms with van der Waals surface area (Å²) in [5.74, 6) is 0.0554. The lowest BCUT2D eigenvalue weighted by Crippen LogP contribution is -2.50. The topological polar surface area (TPSA) is 41.1 Å². The molecule has 0 spiro atoms. The van der Waals surface area contributed by atoms with Gasteiger partial charge in [-0.05, 0) is 50.1 Å². The molecule has 100 valence electrons. The Kier molecular flexibility index (Phi) is 5.45. The molecule has 1 unspecified atom stereocenters. The number of hydrogen-bond donors (Lipinski definition) is 2. The van der Waals surface area contributed by atoms with Gasteiger partial charge in [0.25, 0.3) is 0 Å². The van der Waals surface area contributed by atoms with Crippen LogP contribution in [0, 0.1) is 0 Å². The third-order valence-corrected chi connectivity index (χ3v) is 3.64. The predicted octanol–water partition coefficient (Wildman–Crippen LogP) is 3.23. The minimum Gasteiger partial charge on any atom is -0.324 e. The summed E-state index contributed by atoms with van der Waals surface area (Å²) in [5.41, 5.74) is 0.403. The van der Waals surface area contributed by atoms with Crippen molar-refractivity contribution in [3.8, 4) is 0 Å². The first-order valence-corrected chi connectivity index (χ1v) is 6.36. The normalized spacial score (nSPS) is 22.3. The first kappa shape index (κ1) is 15.3. The van der Waals surface area contributed by atoms with Crippen LogP contribution in [-0.4, -0.2) is 18.0 Å². The summed E-state index contributed by atoms with van der Waals surface area (Å²) in [4.78, 5) is 12.2. The third-order valence-electron chi connectivity index (χ3n) is 3.38. The van der Waals surface area contributed by atoms with Gasteiger partial charge in [-0.1, -0.05) is 18.5 Å². The van der Waals surface area contributed by atoms with Crippen molar-refractivity contribution in [2.75, 3.05) is 11.9 Å². The maximum atomic E-state index is 12.2. The highest BCUT2D eigenvalue weighted by Gasteiger charge is 2.38. The van der Waals surface area contributed by atoms with E-state index in [-0.39, 0.29) is 23.9 Å². The quantitative estimate of drug-likeness (QED) is 0.897. The Morgan fingerprint density at radius 1 is 1.44 bits per heavy atom. The van der Waals surface area contributed by atoms with E-state index in [1.54, 1.807) is 12.1 Å². The minimum atomic E-state index is -0.389. The van der Waals surface area contributed by atoms with Crippen LogP contribution in [-0.2, 0) is 4.79 Å². The molecule has 2 rings (SSSR count). The molecule has 0 aromatic heterocycles. The highest BCUT2D eigenvalue weighted by molar-refractivity contribution is 6.30. The SMILES string of the molecule is CCC1(C(=O)Nc2ccc(Cl)cc2)CCCN1.Cl. The summed E-state index contributed by atoms with van der Waals surface area (Å²) in [6.45, 7) is 2.96. The minimum absolute atomic E-state index is 0. The number of amides is 1. The smallest absolute Gasteiger partial charge is 0.244 e. The summed E-state index contributed by atoms with van der Waals surface area (Å²) >= 11 is 5.80. The Bertz CT molecular complexity index is 400. The fourth-order valence-corrected chi connectivity index (χ4v) is 2.37. The maximum absolute atomic E-state index is 12.2. The molecule has 1 fully saturated rings. The fraction of sp³-hybridized carbons (Fsp3) is 0.462. The Morgan fingerprint density at radius 3 is 2.61 bits per heavy atom. The van der Waals surface area contributed by atoms with Gasteiger partial charge >= 0.3 is 0 Å². The van der Waals surface area contributed by atoms with Crippen LogP contribution >= 0.6 is 24.0 Å². The predicted molar refractivity (Wildman–Crippen MR) is 77.6 cm³/mol. The molecule has 1 aromatic carbocycles. The van der Waals surface area contributed by atoms with E-state index in [9.17, 15) is 4.79 Å². The fourth-order valence-electron chi connectivity index (χ4n) is 2.25. The van der Waals surface area contributed by atoms with Crippen molar-refractivity contribution in [3.63, 3.8) is 0 Å². The number of benzene rings is 1. The zero-order valence-corrected chi connectivity index (χ0v) is 11.9. The van der Waals surface area contributed by atoms with Gasteiger partial charge in [0.2, 0.25) is 5.91 Å². The van der Waals surface area contributed by atoms with E-state index in [0.29, 0.717) is 5.02 Å². The number of halogens is 2. The van der Waals surface area contributed by atoms with Crippen molar-refractivity contribution in [1.29, 1.82) is 0 Å². The molecule has 5 heteroatoms. The van der Waals surface area contributed by atoms with E-state index in [4.69, 9.17) is 11.6 Å². The molecule has 1 heterocycles. The number of rotatable bonds is 3. The van der Waals surface area contributed by atoms with E-state index < -0.39 is 0 Å². The Labute approximate surface area is 119 Å². The molecule has 0 saturated carbocycles. The molecule has 0 aliphatic carbocycles. The zero-order chi connectivity index (χ0) is 12.3. The van der Waals surface area contributed by atoms with Gasteiger partial charge in [0.1, 0.15) is 0 Å². The molecule has 3 nitrogen and oxygen atoms in total. The second-order valence-electron chi connectivity index (χ2n) is 4.43. The standard InChI is InChI=1S/C13H17ClN2O.ClH/c1-2-13(8-3-9-15-13)12(17)16-11-6-4-10(14)5-7-11;/h4-7,15H,2-3,8-9H2,1H3,(H,16,17);1H. The molecule has 1 amide bonds. The number of anilines is 1. The molecule has 18 heavy (non-hydrogen) atoms. The summed E-state index contributed by atoms with van der Waals surface area (Å²) < 4.78 is 0. The average Bonchev–Trinajstić information content (AvgIpc) is 2.82. The lowest BCUT2D eigenvalue weighted by atomic mass is 9.93. The van der Waals surface area contributed by atoms with Crippen molar-refractivity contribution in [2.45, 2.75) is 31.7 Å². The maximum Gasteiger partial charge on any atom is 0.244 e. The third kappa shape index (κ3) is 3.16. The van der Waals surface area contributed by atoms with E-state index in [0.717, 1.165) is 31.5 Å². The number of carbonyl (C=O) groups is 1. The average molecular weight is 289 g/mol. The molecule has 0 bridgehead atoms. The van der Waals surface area contributed by atoms with Crippen LogP contribution in [0.15, 0.2) is 24.3 Å².